The van der Waals surface area contributed by atoms with E-state index in [1.807, 2.05) is 26.8 Å². The highest BCUT2D eigenvalue weighted by atomic mass is 19.1. The molecule has 0 spiro atoms. The van der Waals surface area contributed by atoms with Gasteiger partial charge in [0.05, 0.1) is 12.4 Å². The lowest BCUT2D eigenvalue weighted by atomic mass is 10.0. The van der Waals surface area contributed by atoms with Crippen LogP contribution >= 0.6 is 0 Å². The first-order valence-corrected chi connectivity index (χ1v) is 12.0. The Labute approximate surface area is 199 Å². The molecule has 4 heterocycles. The molecule has 0 radical (unpaired) electrons. The standard InChI is InChI=1S/C23H26FN7O.C2H6/c1-14(2)19-9-15(3)27-23(28-19)30-12-16-10-29(11-17(16)13-30)22(32)21-18(24)5-4-6-20(21)31-25-7-8-26-31;1-2/h4-9,14,16-17H,10-13H2,1-3H3;1-2H3. The van der Waals surface area contributed by atoms with Crippen LogP contribution in [0.25, 0.3) is 5.69 Å². The number of likely N-dealkylation sites (tertiary alicyclic amines) is 1. The van der Waals surface area contributed by atoms with Gasteiger partial charge in [-0.25, -0.2) is 14.4 Å². The summed E-state index contributed by atoms with van der Waals surface area (Å²) in [4.78, 5) is 28.0. The molecule has 34 heavy (non-hydrogen) atoms. The maximum Gasteiger partial charge on any atom is 0.259 e. The number of aryl methyl sites for hydroxylation is 1. The van der Waals surface area contributed by atoms with Crippen LogP contribution in [0, 0.1) is 24.6 Å². The molecule has 2 aromatic heterocycles. The van der Waals surface area contributed by atoms with E-state index in [0.29, 0.717) is 36.5 Å². The second-order valence-corrected chi connectivity index (χ2v) is 8.98. The van der Waals surface area contributed by atoms with Crippen LogP contribution in [0.3, 0.4) is 0 Å². The molecule has 0 saturated carbocycles. The van der Waals surface area contributed by atoms with Gasteiger partial charge in [-0.2, -0.15) is 15.0 Å². The fourth-order valence-electron chi connectivity index (χ4n) is 4.73. The molecule has 2 fully saturated rings. The van der Waals surface area contributed by atoms with E-state index in [0.717, 1.165) is 30.4 Å². The number of carbonyl (C=O) groups excluding carboxylic acids is 1. The van der Waals surface area contributed by atoms with Gasteiger partial charge in [-0.3, -0.25) is 4.79 Å². The topological polar surface area (TPSA) is 80.0 Å². The van der Waals surface area contributed by atoms with Crippen LogP contribution < -0.4 is 4.90 Å². The van der Waals surface area contributed by atoms with Gasteiger partial charge in [0.2, 0.25) is 5.95 Å². The first kappa shape index (κ1) is 23.8. The van der Waals surface area contributed by atoms with E-state index in [2.05, 4.69) is 33.9 Å². The molecule has 180 valence electrons. The molecular weight excluding hydrogens is 433 g/mol. The quantitative estimate of drug-likeness (QED) is 0.582. The second kappa shape index (κ2) is 9.87. The summed E-state index contributed by atoms with van der Waals surface area (Å²) in [5.41, 5.74) is 2.38. The van der Waals surface area contributed by atoms with Crippen molar-refractivity contribution in [1.29, 1.82) is 0 Å². The Morgan fingerprint density at radius 2 is 1.68 bits per heavy atom. The number of hydrogen-bond acceptors (Lipinski definition) is 6. The van der Waals surface area contributed by atoms with Gasteiger partial charge in [-0.05, 0) is 31.0 Å². The fourth-order valence-corrected chi connectivity index (χ4v) is 4.73. The van der Waals surface area contributed by atoms with Gasteiger partial charge in [0, 0.05) is 49.4 Å². The molecule has 0 aliphatic carbocycles. The number of rotatable bonds is 4. The third-order valence-corrected chi connectivity index (χ3v) is 6.35. The summed E-state index contributed by atoms with van der Waals surface area (Å²) in [7, 11) is 0. The lowest BCUT2D eigenvalue weighted by Gasteiger charge is -2.23. The lowest BCUT2D eigenvalue weighted by molar-refractivity contribution is 0.0777. The first-order chi connectivity index (χ1) is 16.4. The van der Waals surface area contributed by atoms with Crippen molar-refractivity contribution in [2.75, 3.05) is 31.1 Å². The molecule has 2 unspecified atom stereocenters. The summed E-state index contributed by atoms with van der Waals surface area (Å²) in [5.74, 6) is 0.849. The van der Waals surface area contributed by atoms with Crippen molar-refractivity contribution in [3.05, 3.63) is 59.4 Å². The summed E-state index contributed by atoms with van der Waals surface area (Å²) >= 11 is 0. The number of fused-ring (bicyclic) bond motifs is 1. The second-order valence-electron chi connectivity index (χ2n) is 8.98. The molecule has 9 heteroatoms. The molecule has 0 bridgehead atoms. The van der Waals surface area contributed by atoms with Gasteiger partial charge in [-0.15, -0.1) is 0 Å². The van der Waals surface area contributed by atoms with Crippen molar-refractivity contribution >= 4 is 11.9 Å². The number of nitrogens with zero attached hydrogens (tertiary/aromatic N) is 7. The van der Waals surface area contributed by atoms with Crippen molar-refractivity contribution < 1.29 is 9.18 Å². The molecule has 5 rings (SSSR count). The Bertz CT molecular complexity index is 1130. The van der Waals surface area contributed by atoms with Crippen molar-refractivity contribution in [2.24, 2.45) is 11.8 Å². The monoisotopic (exact) mass is 465 g/mol. The van der Waals surface area contributed by atoms with Crippen molar-refractivity contribution in [1.82, 2.24) is 29.9 Å². The summed E-state index contributed by atoms with van der Waals surface area (Å²) in [6, 6.07) is 6.57. The number of amides is 1. The van der Waals surface area contributed by atoms with E-state index < -0.39 is 5.82 Å². The van der Waals surface area contributed by atoms with E-state index in [4.69, 9.17) is 4.98 Å². The SMILES string of the molecule is CC.Cc1cc(C(C)C)nc(N2CC3CN(C(=O)c4c(F)cccc4-n4nccn4)CC3C2)n1. The number of carbonyl (C=O) groups is 1. The summed E-state index contributed by atoms with van der Waals surface area (Å²) in [6.07, 6.45) is 3.01. The van der Waals surface area contributed by atoms with Gasteiger partial charge < -0.3 is 9.80 Å². The molecule has 1 amide bonds. The zero-order valence-electron chi connectivity index (χ0n) is 20.4. The minimum atomic E-state index is -0.558. The van der Waals surface area contributed by atoms with Crippen LogP contribution in [0.5, 0.6) is 0 Å². The highest BCUT2D eigenvalue weighted by molar-refractivity contribution is 5.98. The van der Waals surface area contributed by atoms with Crippen molar-refractivity contribution in [2.45, 2.75) is 40.5 Å². The Hall–Kier alpha value is -3.36. The van der Waals surface area contributed by atoms with Crippen molar-refractivity contribution in [3.63, 3.8) is 0 Å². The molecule has 3 aromatic rings. The normalized spacial score (nSPS) is 19.3. The van der Waals surface area contributed by atoms with Crippen LogP contribution in [0.15, 0.2) is 36.7 Å². The average Bonchev–Trinajstić information content (AvgIpc) is 3.56. The van der Waals surface area contributed by atoms with Gasteiger partial charge in [0.25, 0.3) is 5.91 Å². The summed E-state index contributed by atoms with van der Waals surface area (Å²) in [6.45, 7) is 13.0. The van der Waals surface area contributed by atoms with Gasteiger partial charge in [-0.1, -0.05) is 33.8 Å². The van der Waals surface area contributed by atoms with E-state index in [1.165, 1.54) is 23.3 Å². The zero-order valence-corrected chi connectivity index (χ0v) is 20.4. The maximum atomic E-state index is 14.7. The fraction of sp³-hybridized carbons (Fsp3) is 0.480. The third-order valence-electron chi connectivity index (χ3n) is 6.35. The predicted molar refractivity (Wildman–Crippen MR) is 129 cm³/mol. The van der Waals surface area contributed by atoms with Crippen LogP contribution in [0.1, 0.15) is 55.4 Å². The van der Waals surface area contributed by atoms with Gasteiger partial charge >= 0.3 is 0 Å². The predicted octanol–water partition coefficient (Wildman–Crippen LogP) is 3.86. The average molecular weight is 466 g/mol. The minimum Gasteiger partial charge on any atom is -0.340 e. The Kier molecular flexibility index (Phi) is 6.90. The van der Waals surface area contributed by atoms with E-state index in [1.54, 1.807) is 17.0 Å². The number of aromatic nitrogens is 5. The molecule has 8 nitrogen and oxygen atoms in total. The van der Waals surface area contributed by atoms with Crippen LogP contribution in [-0.2, 0) is 0 Å². The Morgan fingerprint density at radius 3 is 2.29 bits per heavy atom. The number of benzene rings is 1. The van der Waals surface area contributed by atoms with E-state index >= 15 is 0 Å². The molecule has 2 aliphatic heterocycles. The minimum absolute atomic E-state index is 0.0177. The van der Waals surface area contributed by atoms with Crippen molar-refractivity contribution in [3.8, 4) is 5.69 Å². The Morgan fingerprint density at radius 1 is 1.03 bits per heavy atom. The van der Waals surface area contributed by atoms with Crippen LogP contribution in [0.4, 0.5) is 10.3 Å². The Balaban J connectivity index is 0.00000133. The number of halogens is 1. The molecule has 0 N–H and O–H groups in total. The molecule has 2 saturated heterocycles. The smallest absolute Gasteiger partial charge is 0.259 e. The lowest BCUT2D eigenvalue weighted by Crippen LogP contribution is -2.35. The zero-order chi connectivity index (χ0) is 24.4. The highest BCUT2D eigenvalue weighted by Crippen LogP contribution is 2.34. The molecular formula is C25H32FN7O. The van der Waals surface area contributed by atoms with E-state index in [9.17, 15) is 9.18 Å². The highest BCUT2D eigenvalue weighted by Gasteiger charge is 2.43. The summed E-state index contributed by atoms with van der Waals surface area (Å²) < 4.78 is 14.7. The van der Waals surface area contributed by atoms with Gasteiger partial charge in [0.1, 0.15) is 17.1 Å². The first-order valence-electron chi connectivity index (χ1n) is 12.0. The van der Waals surface area contributed by atoms with Crippen LogP contribution in [0.2, 0.25) is 0 Å². The summed E-state index contributed by atoms with van der Waals surface area (Å²) in [5, 5.41) is 8.14. The molecule has 2 atom stereocenters. The van der Waals surface area contributed by atoms with Crippen LogP contribution in [-0.4, -0.2) is 61.9 Å². The van der Waals surface area contributed by atoms with Gasteiger partial charge in [0.15, 0.2) is 0 Å². The largest absolute Gasteiger partial charge is 0.340 e. The third kappa shape index (κ3) is 4.51. The molecule has 1 aromatic carbocycles. The molecule has 2 aliphatic rings. The number of hydrogen-bond donors (Lipinski definition) is 0. The number of anilines is 1. The maximum absolute atomic E-state index is 14.7. The van der Waals surface area contributed by atoms with E-state index in [-0.39, 0.29) is 11.5 Å².